The van der Waals surface area contributed by atoms with Crippen LogP contribution in [-0.2, 0) is 0 Å². The Hall–Kier alpha value is -0.0800. The summed E-state index contributed by atoms with van der Waals surface area (Å²) in [5.74, 6) is 1.11. The van der Waals surface area contributed by atoms with E-state index in [1.54, 1.807) is 0 Å². The fraction of sp³-hybridized carbons (Fsp3) is 1.00. The van der Waals surface area contributed by atoms with Crippen LogP contribution in [0.5, 0.6) is 0 Å². The van der Waals surface area contributed by atoms with Gasteiger partial charge in [0.1, 0.15) is 0 Å². The van der Waals surface area contributed by atoms with E-state index in [2.05, 4.69) is 13.8 Å². The fourth-order valence-corrected chi connectivity index (χ4v) is 5.01. The molecule has 0 amide bonds. The first-order valence-electron chi connectivity index (χ1n) is 11.1. The molecule has 2 aliphatic carbocycles. The average molecular weight is 289 g/mol. The number of aliphatic hydroxyl groups is 2. The van der Waals surface area contributed by atoms with Gasteiger partial charge in [0.2, 0.25) is 0 Å². The van der Waals surface area contributed by atoms with E-state index in [4.69, 9.17) is 8.22 Å². The van der Waals surface area contributed by atoms with Crippen LogP contribution in [0.1, 0.15) is 87.1 Å². The predicted molar refractivity (Wildman–Crippen MR) is 83.5 cm³/mol. The second-order valence-electron chi connectivity index (χ2n) is 7.49. The van der Waals surface area contributed by atoms with Gasteiger partial charge in [0, 0.05) is 8.22 Å². The van der Waals surface area contributed by atoms with Crippen LogP contribution >= 0.6 is 0 Å². The summed E-state index contributed by atoms with van der Waals surface area (Å²) in [6.45, 7) is -1.45. The topological polar surface area (TPSA) is 40.5 Å². The lowest BCUT2D eigenvalue weighted by molar-refractivity contribution is -0.0283. The summed E-state index contributed by atoms with van der Waals surface area (Å²) >= 11 is 0. The fourth-order valence-electron chi connectivity index (χ4n) is 5.01. The molecule has 2 N–H and O–H groups in total. The van der Waals surface area contributed by atoms with Crippen LogP contribution in [0.25, 0.3) is 0 Å². The van der Waals surface area contributed by atoms with Crippen molar-refractivity contribution in [3.63, 3.8) is 0 Å². The van der Waals surface area contributed by atoms with Gasteiger partial charge in [-0.2, -0.15) is 0 Å². The van der Waals surface area contributed by atoms with E-state index in [-0.39, 0.29) is 17.9 Å². The van der Waals surface area contributed by atoms with E-state index in [1.165, 1.54) is 0 Å². The summed E-state index contributed by atoms with van der Waals surface area (Å²) in [6, 6.07) is 0. The van der Waals surface area contributed by atoms with Gasteiger partial charge in [0.15, 0.2) is 0 Å². The Labute approximate surface area is 133 Å². The van der Waals surface area contributed by atoms with Crippen molar-refractivity contribution < 1.29 is 18.4 Å². The van der Waals surface area contributed by atoms with Crippen LogP contribution < -0.4 is 0 Å². The third-order valence-corrected chi connectivity index (χ3v) is 6.05. The second-order valence-corrected chi connectivity index (χ2v) is 7.49. The second kappa shape index (κ2) is 5.96. The van der Waals surface area contributed by atoms with Crippen molar-refractivity contribution in [3.8, 4) is 0 Å². The number of hydrogen-bond acceptors (Lipinski definition) is 2. The molecule has 2 heteroatoms. The largest absolute Gasteiger partial charge is 0.393 e. The van der Waals surface area contributed by atoms with Crippen molar-refractivity contribution in [2.45, 2.75) is 90.6 Å². The molecule has 2 nitrogen and oxygen atoms in total. The summed E-state index contributed by atoms with van der Waals surface area (Å²) in [5, 5.41) is 20.7. The van der Waals surface area contributed by atoms with E-state index < -0.39 is 19.3 Å². The van der Waals surface area contributed by atoms with E-state index >= 15 is 0 Å². The molecule has 20 heavy (non-hydrogen) atoms. The summed E-state index contributed by atoms with van der Waals surface area (Å²) in [5.41, 5.74) is -2.54. The summed E-state index contributed by atoms with van der Waals surface area (Å²) in [6.07, 6.45) is 5.70. The van der Waals surface area contributed by atoms with Crippen molar-refractivity contribution in [2.24, 2.45) is 23.2 Å². The first-order valence-corrected chi connectivity index (χ1v) is 8.14. The lowest BCUT2D eigenvalue weighted by atomic mass is 9.61. The highest BCUT2D eigenvalue weighted by Gasteiger charge is 2.51. The maximum absolute atomic E-state index is 10.4. The Bertz CT molecular complexity index is 475. The third kappa shape index (κ3) is 3.39. The molecule has 2 rings (SSSR count). The van der Waals surface area contributed by atoms with Crippen molar-refractivity contribution in [1.29, 1.82) is 0 Å². The summed E-state index contributed by atoms with van der Waals surface area (Å²) in [4.78, 5) is 0. The molecule has 2 saturated carbocycles. The van der Waals surface area contributed by atoms with Crippen molar-refractivity contribution in [1.82, 2.24) is 0 Å². The molecule has 0 spiro atoms. The molecule has 0 saturated heterocycles. The van der Waals surface area contributed by atoms with Gasteiger partial charge in [-0.05, 0) is 69.0 Å². The minimum Gasteiger partial charge on any atom is -0.393 e. The highest BCUT2D eigenvalue weighted by Crippen LogP contribution is 2.58. The van der Waals surface area contributed by atoms with Gasteiger partial charge < -0.3 is 10.2 Å². The van der Waals surface area contributed by atoms with Crippen LogP contribution in [0, 0.1) is 23.2 Å². The Morgan fingerprint density at radius 3 is 2.80 bits per heavy atom. The van der Waals surface area contributed by atoms with Crippen LogP contribution in [-0.4, -0.2) is 21.9 Å². The maximum Gasteiger partial charge on any atom is 0.0591 e. The predicted octanol–water partition coefficient (Wildman–Crippen LogP) is 4.14. The highest BCUT2D eigenvalue weighted by molar-refractivity contribution is 5.01. The number of fused-ring (bicyclic) bond motifs is 1. The number of aliphatic hydroxyl groups excluding tert-OH is 1. The Morgan fingerprint density at radius 1 is 1.35 bits per heavy atom. The Balaban J connectivity index is 1.99. The van der Waals surface area contributed by atoms with Crippen molar-refractivity contribution in [2.75, 3.05) is 0 Å². The van der Waals surface area contributed by atoms with Crippen LogP contribution in [0.15, 0.2) is 0 Å². The lowest BCUT2D eigenvalue weighted by Crippen LogP contribution is -2.41. The molecular weight excluding hydrogens is 248 g/mol. The lowest BCUT2D eigenvalue weighted by Gasteiger charge is -2.45. The van der Waals surface area contributed by atoms with Gasteiger partial charge >= 0.3 is 0 Å². The molecule has 0 aromatic heterocycles. The number of rotatable bonds is 5. The minimum absolute atomic E-state index is 0.113. The highest BCUT2D eigenvalue weighted by atomic mass is 16.3. The zero-order valence-electron chi connectivity index (χ0n) is 18.9. The molecule has 0 aromatic rings. The van der Waals surface area contributed by atoms with Gasteiger partial charge in [-0.1, -0.05) is 33.1 Å². The van der Waals surface area contributed by atoms with Gasteiger partial charge in [0.25, 0.3) is 0 Å². The molecule has 118 valence electrons. The zero-order chi connectivity index (χ0) is 20.0. The van der Waals surface area contributed by atoms with Gasteiger partial charge in [-0.3, -0.25) is 0 Å². The zero-order valence-corrected chi connectivity index (χ0v) is 12.9. The molecule has 0 unspecified atom stereocenters. The van der Waals surface area contributed by atoms with Crippen LogP contribution in [0.2, 0.25) is 0 Å². The third-order valence-electron chi connectivity index (χ3n) is 6.05. The molecule has 0 radical (unpaired) electrons. The van der Waals surface area contributed by atoms with Crippen LogP contribution in [0.4, 0.5) is 0 Å². The SMILES string of the molecule is [2H]C([2H])([2H])C(O)(CCC[C@@H](C)[C@H]1CC[C@H]2[C@@H](O)CCC[C@]12C)C([2H])([2H])[2H]. The van der Waals surface area contributed by atoms with Gasteiger partial charge in [-0.15, -0.1) is 0 Å². The van der Waals surface area contributed by atoms with E-state index in [1.807, 2.05) is 0 Å². The van der Waals surface area contributed by atoms with Crippen molar-refractivity contribution in [3.05, 3.63) is 0 Å². The molecule has 0 aromatic carbocycles. The molecular formula is C18H34O2. The molecule has 0 heterocycles. The molecule has 0 bridgehead atoms. The summed E-state index contributed by atoms with van der Waals surface area (Å²) in [7, 11) is 0. The molecule has 2 fully saturated rings. The standard InChI is InChI=1S/C18H34O2/c1-13(7-5-11-17(2,3)20)14-9-10-15-16(19)8-6-12-18(14,15)4/h13-16,19-20H,5-12H2,1-4H3/t13-,14-,15+,16+,18-/m1/s1/i2D3,3D3. The first-order chi connectivity index (χ1) is 11.7. The Morgan fingerprint density at radius 2 is 2.10 bits per heavy atom. The Kier molecular flexibility index (Phi) is 2.93. The van der Waals surface area contributed by atoms with E-state index in [9.17, 15) is 10.2 Å². The minimum atomic E-state index is -2.93. The summed E-state index contributed by atoms with van der Waals surface area (Å²) < 4.78 is 44.8. The molecule has 0 aliphatic heterocycles. The maximum atomic E-state index is 10.4. The molecule has 2 aliphatic rings. The quantitative estimate of drug-likeness (QED) is 0.798. The van der Waals surface area contributed by atoms with Crippen LogP contribution in [0.3, 0.4) is 0 Å². The monoisotopic (exact) mass is 288 g/mol. The van der Waals surface area contributed by atoms with Crippen molar-refractivity contribution >= 4 is 0 Å². The normalized spacial score (nSPS) is 45.3. The van der Waals surface area contributed by atoms with E-state index in [0.717, 1.165) is 32.1 Å². The van der Waals surface area contributed by atoms with Gasteiger partial charge in [-0.25, -0.2) is 0 Å². The first kappa shape index (κ1) is 9.84. The average Bonchev–Trinajstić information content (AvgIpc) is 2.83. The molecule has 5 atom stereocenters. The van der Waals surface area contributed by atoms with E-state index in [0.29, 0.717) is 30.6 Å². The van der Waals surface area contributed by atoms with Gasteiger partial charge in [0.05, 0.1) is 11.7 Å². The smallest absolute Gasteiger partial charge is 0.0591 e. The number of hydrogen-bond donors (Lipinski definition) is 2.